The number of piperazine rings is 1. The lowest BCUT2D eigenvalue weighted by Crippen LogP contribution is -2.63. The summed E-state index contributed by atoms with van der Waals surface area (Å²) in [5, 5.41) is 13.5. The maximum Gasteiger partial charge on any atom is 0.0639 e. The number of benzene rings is 1. The molecule has 1 aromatic carbocycles. The molecule has 0 bridgehead atoms. The fourth-order valence-electron chi connectivity index (χ4n) is 2.45. The number of anilines is 1. The van der Waals surface area contributed by atoms with Gasteiger partial charge in [0.2, 0.25) is 0 Å². The third-order valence-corrected chi connectivity index (χ3v) is 3.35. The van der Waals surface area contributed by atoms with Crippen molar-refractivity contribution >= 4 is 17.3 Å². The highest BCUT2D eigenvalue weighted by Crippen LogP contribution is 2.28. The minimum Gasteiger partial charge on any atom is -0.395 e. The summed E-state index contributed by atoms with van der Waals surface area (Å²) in [4.78, 5) is 2.24. The van der Waals surface area contributed by atoms with Gasteiger partial charge in [0.15, 0.2) is 0 Å². The van der Waals surface area contributed by atoms with Gasteiger partial charge in [0.25, 0.3) is 0 Å². The summed E-state index contributed by atoms with van der Waals surface area (Å²) in [5.74, 6) is 0. The van der Waals surface area contributed by atoms with E-state index in [0.717, 1.165) is 23.8 Å². The smallest absolute Gasteiger partial charge is 0.0639 e. The number of aliphatic hydroxyl groups is 1. The van der Waals surface area contributed by atoms with Crippen molar-refractivity contribution in [3.05, 3.63) is 29.3 Å². The summed E-state index contributed by atoms with van der Waals surface area (Å²) in [6.07, 6.45) is 0. The zero-order chi connectivity index (χ0) is 12.5. The topological polar surface area (TPSA) is 35.5 Å². The van der Waals surface area contributed by atoms with Crippen LogP contribution >= 0.6 is 11.6 Å². The molecule has 1 fully saturated rings. The molecular formula is C13H19ClN2O. The first-order chi connectivity index (χ1) is 8.02. The lowest BCUT2D eigenvalue weighted by Gasteiger charge is -2.44. The van der Waals surface area contributed by atoms with E-state index in [2.05, 4.69) is 24.1 Å². The van der Waals surface area contributed by atoms with E-state index in [4.69, 9.17) is 11.6 Å². The number of rotatable bonds is 2. The van der Waals surface area contributed by atoms with Gasteiger partial charge in [-0.25, -0.2) is 0 Å². The van der Waals surface area contributed by atoms with Crippen LogP contribution in [-0.2, 0) is 0 Å². The highest BCUT2D eigenvalue weighted by atomic mass is 35.5. The molecular weight excluding hydrogens is 236 g/mol. The lowest BCUT2D eigenvalue weighted by molar-refractivity contribution is 0.191. The summed E-state index contributed by atoms with van der Waals surface area (Å²) >= 11 is 6.22. The number of nitrogens with one attached hydrogen (secondary N) is 1. The van der Waals surface area contributed by atoms with Gasteiger partial charge in [-0.05, 0) is 26.0 Å². The predicted octanol–water partition coefficient (Wildman–Crippen LogP) is 1.89. The Bertz CT molecular complexity index is 395. The average molecular weight is 255 g/mol. The monoisotopic (exact) mass is 254 g/mol. The zero-order valence-electron chi connectivity index (χ0n) is 10.3. The summed E-state index contributed by atoms with van der Waals surface area (Å²) < 4.78 is 0. The minimum atomic E-state index is -0.0230. The Labute approximate surface area is 107 Å². The van der Waals surface area contributed by atoms with Crippen LogP contribution in [0, 0.1) is 0 Å². The fourth-order valence-corrected chi connectivity index (χ4v) is 2.70. The first kappa shape index (κ1) is 12.7. The first-order valence-electron chi connectivity index (χ1n) is 5.90. The van der Waals surface area contributed by atoms with Gasteiger partial charge in [-0.15, -0.1) is 0 Å². The molecule has 4 heteroatoms. The highest BCUT2D eigenvalue weighted by molar-refractivity contribution is 6.33. The molecule has 2 rings (SSSR count). The van der Waals surface area contributed by atoms with Crippen LogP contribution in [0.5, 0.6) is 0 Å². The average Bonchev–Trinajstić information content (AvgIpc) is 2.27. The van der Waals surface area contributed by atoms with Crippen LogP contribution in [0.1, 0.15) is 13.8 Å². The van der Waals surface area contributed by atoms with Crippen molar-refractivity contribution in [2.24, 2.45) is 0 Å². The van der Waals surface area contributed by atoms with Gasteiger partial charge >= 0.3 is 0 Å². The van der Waals surface area contributed by atoms with Crippen molar-refractivity contribution in [1.29, 1.82) is 0 Å². The Morgan fingerprint density at radius 2 is 2.18 bits per heavy atom. The molecule has 0 radical (unpaired) electrons. The van der Waals surface area contributed by atoms with Crippen molar-refractivity contribution in [1.82, 2.24) is 5.32 Å². The summed E-state index contributed by atoms with van der Waals surface area (Å²) in [7, 11) is 0. The van der Waals surface area contributed by atoms with Crippen LogP contribution in [-0.4, -0.2) is 36.4 Å². The number of halogens is 1. The van der Waals surface area contributed by atoms with Gasteiger partial charge in [0.1, 0.15) is 0 Å². The summed E-state index contributed by atoms with van der Waals surface area (Å²) in [5.41, 5.74) is 1.02. The van der Waals surface area contributed by atoms with Gasteiger partial charge < -0.3 is 15.3 Å². The van der Waals surface area contributed by atoms with E-state index >= 15 is 0 Å². The second-order valence-electron chi connectivity index (χ2n) is 5.24. The molecule has 1 aromatic rings. The third kappa shape index (κ3) is 2.92. The molecule has 17 heavy (non-hydrogen) atoms. The summed E-state index contributed by atoms with van der Waals surface area (Å²) in [6, 6.07) is 7.94. The van der Waals surface area contributed by atoms with E-state index < -0.39 is 0 Å². The number of aliphatic hydroxyl groups excluding tert-OH is 1. The van der Waals surface area contributed by atoms with Gasteiger partial charge in [0.05, 0.1) is 17.3 Å². The Morgan fingerprint density at radius 1 is 1.47 bits per heavy atom. The van der Waals surface area contributed by atoms with E-state index in [9.17, 15) is 5.11 Å². The van der Waals surface area contributed by atoms with Crippen LogP contribution in [0.4, 0.5) is 5.69 Å². The molecule has 0 aromatic heterocycles. The number of hydrogen-bond acceptors (Lipinski definition) is 3. The van der Waals surface area contributed by atoms with Crippen molar-refractivity contribution < 1.29 is 5.11 Å². The van der Waals surface area contributed by atoms with Gasteiger partial charge in [-0.3, -0.25) is 0 Å². The molecule has 1 unspecified atom stereocenters. The maximum absolute atomic E-state index is 9.34. The molecule has 2 N–H and O–H groups in total. The molecule has 1 heterocycles. The second-order valence-corrected chi connectivity index (χ2v) is 5.65. The van der Waals surface area contributed by atoms with Crippen LogP contribution in [0.3, 0.4) is 0 Å². The molecule has 0 saturated carbocycles. The quantitative estimate of drug-likeness (QED) is 0.846. The second kappa shape index (κ2) is 4.84. The molecule has 0 spiro atoms. The van der Waals surface area contributed by atoms with Crippen molar-refractivity contribution in [3.63, 3.8) is 0 Å². The Hall–Kier alpha value is -0.770. The lowest BCUT2D eigenvalue weighted by atomic mass is 9.98. The molecule has 0 amide bonds. The fraction of sp³-hybridized carbons (Fsp3) is 0.538. The predicted molar refractivity (Wildman–Crippen MR) is 71.8 cm³/mol. The normalized spacial score (nSPS) is 23.8. The van der Waals surface area contributed by atoms with E-state index in [1.165, 1.54) is 0 Å². The van der Waals surface area contributed by atoms with Crippen molar-refractivity contribution in [2.75, 3.05) is 24.6 Å². The Morgan fingerprint density at radius 3 is 2.82 bits per heavy atom. The van der Waals surface area contributed by atoms with Gasteiger partial charge in [-0.1, -0.05) is 23.7 Å². The Kier molecular flexibility index (Phi) is 3.61. The number of hydrogen-bond donors (Lipinski definition) is 2. The SMILES string of the molecule is CC1(C)CN(c2ccccc2Cl)CC(CO)N1. The third-order valence-electron chi connectivity index (χ3n) is 3.04. The van der Waals surface area contributed by atoms with E-state index in [-0.39, 0.29) is 18.2 Å². The first-order valence-corrected chi connectivity index (χ1v) is 6.28. The molecule has 1 aliphatic rings. The van der Waals surface area contributed by atoms with Gasteiger partial charge in [0, 0.05) is 24.7 Å². The molecule has 1 atom stereocenters. The molecule has 0 aliphatic carbocycles. The summed E-state index contributed by atoms with van der Waals surface area (Å²) in [6.45, 7) is 6.08. The van der Waals surface area contributed by atoms with Gasteiger partial charge in [-0.2, -0.15) is 0 Å². The molecule has 94 valence electrons. The standard InChI is InChI=1S/C13H19ClN2O/c1-13(2)9-16(7-10(8-17)15-13)12-6-4-3-5-11(12)14/h3-6,10,15,17H,7-9H2,1-2H3. The molecule has 1 aliphatic heterocycles. The van der Waals surface area contributed by atoms with Crippen LogP contribution in [0.15, 0.2) is 24.3 Å². The zero-order valence-corrected chi connectivity index (χ0v) is 11.0. The molecule has 3 nitrogen and oxygen atoms in total. The van der Waals surface area contributed by atoms with E-state index in [1.807, 2.05) is 24.3 Å². The minimum absolute atomic E-state index is 0.0230. The Balaban J connectivity index is 2.24. The van der Waals surface area contributed by atoms with E-state index in [1.54, 1.807) is 0 Å². The number of para-hydroxylation sites is 1. The van der Waals surface area contributed by atoms with Crippen LogP contribution < -0.4 is 10.2 Å². The largest absolute Gasteiger partial charge is 0.395 e. The maximum atomic E-state index is 9.34. The number of nitrogens with zero attached hydrogens (tertiary/aromatic N) is 1. The van der Waals surface area contributed by atoms with Crippen LogP contribution in [0.25, 0.3) is 0 Å². The van der Waals surface area contributed by atoms with Crippen LogP contribution in [0.2, 0.25) is 5.02 Å². The van der Waals surface area contributed by atoms with Crippen molar-refractivity contribution in [2.45, 2.75) is 25.4 Å². The highest BCUT2D eigenvalue weighted by Gasteiger charge is 2.32. The van der Waals surface area contributed by atoms with E-state index in [0.29, 0.717) is 0 Å². The molecule has 1 saturated heterocycles. The van der Waals surface area contributed by atoms with Crippen molar-refractivity contribution in [3.8, 4) is 0 Å².